The highest BCUT2D eigenvalue weighted by molar-refractivity contribution is 7.80. The van der Waals surface area contributed by atoms with Gasteiger partial charge in [0.1, 0.15) is 0 Å². The lowest BCUT2D eigenvalue weighted by Gasteiger charge is -2.36. The van der Waals surface area contributed by atoms with Gasteiger partial charge in [0.2, 0.25) is 0 Å². The largest absolute Gasteiger partial charge is 0.359 e. The van der Waals surface area contributed by atoms with Crippen LogP contribution in [0.5, 0.6) is 0 Å². The number of rotatable bonds is 4. The molecule has 0 unspecified atom stereocenters. The second kappa shape index (κ2) is 7.41. The topological polar surface area (TPSA) is 18.5 Å². The van der Waals surface area contributed by atoms with Gasteiger partial charge >= 0.3 is 0 Å². The van der Waals surface area contributed by atoms with Gasteiger partial charge in [0.05, 0.1) is 4.34 Å². The summed E-state index contributed by atoms with van der Waals surface area (Å²) in [4.78, 5) is 6.00. The van der Waals surface area contributed by atoms with Gasteiger partial charge in [-0.3, -0.25) is 4.90 Å². The molecule has 1 aromatic rings. The number of halogens is 1. The van der Waals surface area contributed by atoms with Gasteiger partial charge in [-0.1, -0.05) is 23.8 Å². The first-order valence-corrected chi connectivity index (χ1v) is 8.28. The van der Waals surface area contributed by atoms with Crippen LogP contribution >= 0.6 is 35.2 Å². The van der Waals surface area contributed by atoms with Gasteiger partial charge in [-0.25, -0.2) is 0 Å². The molecule has 110 valence electrons. The molecule has 0 saturated carbocycles. The zero-order chi connectivity index (χ0) is 14.5. The molecule has 2 rings (SSSR count). The molecule has 0 atom stereocenters. The van der Waals surface area contributed by atoms with Gasteiger partial charge in [0.25, 0.3) is 0 Å². The fourth-order valence-corrected chi connectivity index (χ4v) is 3.49. The van der Waals surface area contributed by atoms with E-state index in [9.17, 15) is 0 Å². The van der Waals surface area contributed by atoms with E-state index >= 15 is 0 Å². The van der Waals surface area contributed by atoms with E-state index in [0.29, 0.717) is 0 Å². The van der Waals surface area contributed by atoms with Crippen LogP contribution in [0.4, 0.5) is 0 Å². The quantitative estimate of drug-likeness (QED) is 0.676. The Hall–Kier alpha value is -0.620. The molecule has 1 aromatic heterocycles. The highest BCUT2D eigenvalue weighted by Gasteiger charge is 2.19. The van der Waals surface area contributed by atoms with E-state index in [0.717, 1.165) is 54.3 Å². The van der Waals surface area contributed by atoms with Crippen molar-refractivity contribution in [3.8, 4) is 0 Å². The maximum atomic E-state index is 5.96. The first kappa shape index (κ1) is 15.8. The Morgan fingerprint density at radius 1 is 1.40 bits per heavy atom. The minimum absolute atomic E-state index is 0.757. The van der Waals surface area contributed by atoms with E-state index in [-0.39, 0.29) is 0 Å². The fraction of sp³-hybridized carbons (Fsp3) is 0.500. The van der Waals surface area contributed by atoms with Gasteiger partial charge in [0.15, 0.2) is 5.11 Å². The third kappa shape index (κ3) is 4.74. The third-order valence-corrected chi connectivity index (χ3v) is 4.83. The van der Waals surface area contributed by atoms with Crippen molar-refractivity contribution in [3.63, 3.8) is 0 Å². The second-order valence-corrected chi connectivity index (χ2v) is 7.27. The predicted molar refractivity (Wildman–Crippen MR) is 91.6 cm³/mol. The van der Waals surface area contributed by atoms with Crippen molar-refractivity contribution < 1.29 is 0 Å². The summed E-state index contributed by atoms with van der Waals surface area (Å²) in [5, 5.41) is 4.08. The Morgan fingerprint density at radius 2 is 2.10 bits per heavy atom. The first-order valence-electron chi connectivity index (χ1n) is 6.68. The number of nitrogens with one attached hydrogen (secondary N) is 1. The molecule has 0 spiro atoms. The molecule has 0 amide bonds. The molecule has 1 N–H and O–H groups in total. The van der Waals surface area contributed by atoms with Crippen molar-refractivity contribution >= 4 is 40.3 Å². The highest BCUT2D eigenvalue weighted by Crippen LogP contribution is 2.23. The number of nitrogens with zero attached hydrogens (tertiary/aromatic N) is 2. The van der Waals surface area contributed by atoms with E-state index in [1.165, 1.54) is 4.88 Å². The van der Waals surface area contributed by atoms with Crippen LogP contribution in [0.25, 0.3) is 0 Å². The summed E-state index contributed by atoms with van der Waals surface area (Å²) in [5.74, 6) is 0. The van der Waals surface area contributed by atoms with Gasteiger partial charge < -0.3 is 10.2 Å². The summed E-state index contributed by atoms with van der Waals surface area (Å²) in [6.45, 7) is 11.6. The van der Waals surface area contributed by atoms with Gasteiger partial charge in [-0.15, -0.1) is 11.3 Å². The third-order valence-electron chi connectivity index (χ3n) is 3.21. The van der Waals surface area contributed by atoms with Crippen LogP contribution in [-0.4, -0.2) is 47.6 Å². The minimum atomic E-state index is 0.757. The van der Waals surface area contributed by atoms with E-state index in [1.807, 2.05) is 13.0 Å². The van der Waals surface area contributed by atoms with Crippen LogP contribution in [0, 0.1) is 0 Å². The Bertz CT molecular complexity index is 479. The van der Waals surface area contributed by atoms with Crippen LogP contribution in [0.15, 0.2) is 24.3 Å². The second-order valence-electron chi connectivity index (χ2n) is 5.08. The molecule has 1 saturated heterocycles. The number of hydrogen-bond acceptors (Lipinski definition) is 3. The molecule has 2 heterocycles. The maximum Gasteiger partial charge on any atom is 0.169 e. The SMILES string of the molecule is C=C(C)CNC(=S)N1CCN(Cc2ccc(Cl)s2)CC1. The average molecular weight is 330 g/mol. The lowest BCUT2D eigenvalue weighted by Crippen LogP contribution is -2.51. The molecule has 3 nitrogen and oxygen atoms in total. The lowest BCUT2D eigenvalue weighted by molar-refractivity contribution is 0.176. The normalized spacial score (nSPS) is 16.2. The summed E-state index contributed by atoms with van der Waals surface area (Å²) in [6, 6.07) is 4.08. The van der Waals surface area contributed by atoms with Crippen molar-refractivity contribution in [2.75, 3.05) is 32.7 Å². The number of thiophene rings is 1. The monoisotopic (exact) mass is 329 g/mol. The molecule has 0 aliphatic carbocycles. The lowest BCUT2D eigenvalue weighted by atomic mass is 10.3. The smallest absolute Gasteiger partial charge is 0.169 e. The molecular weight excluding hydrogens is 310 g/mol. The minimum Gasteiger partial charge on any atom is -0.359 e. The van der Waals surface area contributed by atoms with E-state index in [2.05, 4.69) is 27.8 Å². The summed E-state index contributed by atoms with van der Waals surface area (Å²) >= 11 is 13.0. The molecule has 20 heavy (non-hydrogen) atoms. The van der Waals surface area contributed by atoms with Crippen molar-refractivity contribution in [1.29, 1.82) is 0 Å². The molecule has 1 fully saturated rings. The summed E-state index contributed by atoms with van der Waals surface area (Å²) in [6.07, 6.45) is 0. The summed E-state index contributed by atoms with van der Waals surface area (Å²) in [7, 11) is 0. The Morgan fingerprint density at radius 3 is 2.65 bits per heavy atom. The van der Waals surface area contributed by atoms with Crippen molar-refractivity contribution in [3.05, 3.63) is 33.5 Å². The first-order chi connectivity index (χ1) is 9.54. The van der Waals surface area contributed by atoms with Crippen LogP contribution in [0.2, 0.25) is 4.34 Å². The van der Waals surface area contributed by atoms with Crippen LogP contribution in [0.3, 0.4) is 0 Å². The highest BCUT2D eigenvalue weighted by atomic mass is 35.5. The molecule has 6 heteroatoms. The molecule has 0 bridgehead atoms. The molecular formula is C14H20ClN3S2. The van der Waals surface area contributed by atoms with Crippen LogP contribution in [-0.2, 0) is 6.54 Å². The summed E-state index contributed by atoms with van der Waals surface area (Å²) < 4.78 is 0.865. The maximum absolute atomic E-state index is 5.96. The molecule has 1 aliphatic heterocycles. The van der Waals surface area contributed by atoms with Gasteiger partial charge in [-0.2, -0.15) is 0 Å². The summed E-state index contributed by atoms with van der Waals surface area (Å²) in [5.41, 5.74) is 1.10. The predicted octanol–water partition coefficient (Wildman–Crippen LogP) is 2.97. The standard InChI is InChI=1S/C14H20ClN3S2/c1-11(2)9-16-14(19)18-7-5-17(6-8-18)10-12-3-4-13(15)20-12/h3-4H,1,5-10H2,2H3,(H,16,19). The Balaban J connectivity index is 1.74. The fourth-order valence-electron chi connectivity index (χ4n) is 2.10. The molecule has 1 aliphatic rings. The zero-order valence-corrected chi connectivity index (χ0v) is 14.1. The van der Waals surface area contributed by atoms with Gasteiger partial charge in [-0.05, 0) is 31.3 Å². The van der Waals surface area contributed by atoms with Crippen molar-refractivity contribution in [1.82, 2.24) is 15.1 Å². The molecule has 0 radical (unpaired) electrons. The van der Waals surface area contributed by atoms with Gasteiger partial charge in [0, 0.05) is 44.1 Å². The van der Waals surface area contributed by atoms with E-state index in [4.69, 9.17) is 23.8 Å². The van der Waals surface area contributed by atoms with E-state index < -0.39 is 0 Å². The number of hydrogen-bond donors (Lipinski definition) is 1. The van der Waals surface area contributed by atoms with E-state index in [1.54, 1.807) is 11.3 Å². The van der Waals surface area contributed by atoms with Crippen LogP contribution < -0.4 is 5.32 Å². The van der Waals surface area contributed by atoms with Crippen molar-refractivity contribution in [2.24, 2.45) is 0 Å². The Kier molecular flexibility index (Phi) is 5.84. The van der Waals surface area contributed by atoms with Crippen LogP contribution in [0.1, 0.15) is 11.8 Å². The number of piperazine rings is 1. The number of thiocarbonyl (C=S) groups is 1. The average Bonchev–Trinajstić information content (AvgIpc) is 2.82. The zero-order valence-electron chi connectivity index (χ0n) is 11.7. The molecule has 0 aromatic carbocycles. The van der Waals surface area contributed by atoms with Crippen molar-refractivity contribution in [2.45, 2.75) is 13.5 Å². The Labute approximate surface area is 135 Å².